The van der Waals surface area contributed by atoms with E-state index in [1.165, 1.54) is 24.0 Å². The van der Waals surface area contributed by atoms with E-state index in [0.29, 0.717) is 11.8 Å². The third kappa shape index (κ3) is 1.68. The molecule has 0 radical (unpaired) electrons. The second kappa shape index (κ2) is 3.72. The second-order valence-electron chi connectivity index (χ2n) is 4.59. The number of aryl methyl sites for hydroxylation is 1. The molecule has 0 bridgehead atoms. The lowest BCUT2D eigenvalue weighted by Gasteiger charge is -2.28. The molecule has 0 amide bonds. The van der Waals surface area contributed by atoms with Gasteiger partial charge in [0.05, 0.1) is 0 Å². The molecule has 0 fully saturated rings. The van der Waals surface area contributed by atoms with Crippen molar-refractivity contribution in [3.63, 3.8) is 0 Å². The lowest BCUT2D eigenvalue weighted by atomic mass is 9.77. The molecule has 76 valence electrons. The average Bonchev–Trinajstić information content (AvgIpc) is 2.16. The van der Waals surface area contributed by atoms with Gasteiger partial charge >= 0.3 is 0 Å². The van der Waals surface area contributed by atoms with Crippen LogP contribution in [0.2, 0.25) is 0 Å². The fraction of sp³-hybridized carbons (Fsp3) is 0.538. The highest BCUT2D eigenvalue weighted by molar-refractivity contribution is 5.33. The Labute approximate surface area is 85.1 Å². The molecule has 1 aliphatic carbocycles. The molecule has 1 aromatic carbocycles. The largest absolute Gasteiger partial charge is 0.207 e. The topological polar surface area (TPSA) is 0 Å². The van der Waals surface area contributed by atoms with Crippen LogP contribution >= 0.6 is 0 Å². The van der Waals surface area contributed by atoms with Gasteiger partial charge < -0.3 is 0 Å². The molecule has 14 heavy (non-hydrogen) atoms. The van der Waals surface area contributed by atoms with Crippen molar-refractivity contribution in [2.24, 2.45) is 5.92 Å². The number of halogens is 1. The van der Waals surface area contributed by atoms with Crippen LogP contribution in [0.25, 0.3) is 0 Å². The molecule has 2 rings (SSSR count). The molecule has 0 unspecified atom stereocenters. The van der Waals surface area contributed by atoms with Crippen molar-refractivity contribution in [2.45, 2.75) is 39.0 Å². The minimum Gasteiger partial charge on any atom is -0.207 e. The molecular formula is C13H17F. The maximum Gasteiger partial charge on any atom is 0.123 e. The van der Waals surface area contributed by atoms with Crippen LogP contribution in [0.5, 0.6) is 0 Å². The Morgan fingerprint density at radius 2 is 2.14 bits per heavy atom. The van der Waals surface area contributed by atoms with Gasteiger partial charge in [-0.1, -0.05) is 19.9 Å². The molecule has 1 aliphatic rings. The van der Waals surface area contributed by atoms with Crippen molar-refractivity contribution >= 4 is 0 Å². The highest BCUT2D eigenvalue weighted by Gasteiger charge is 2.22. The Kier molecular flexibility index (Phi) is 2.58. The first-order valence-electron chi connectivity index (χ1n) is 5.47. The van der Waals surface area contributed by atoms with Crippen molar-refractivity contribution < 1.29 is 4.39 Å². The van der Waals surface area contributed by atoms with Crippen LogP contribution in [0.15, 0.2) is 18.2 Å². The summed E-state index contributed by atoms with van der Waals surface area (Å²) < 4.78 is 13.1. The molecule has 0 spiro atoms. The van der Waals surface area contributed by atoms with Crippen LogP contribution in [0.1, 0.15) is 43.7 Å². The van der Waals surface area contributed by atoms with Gasteiger partial charge in [-0.05, 0) is 54.4 Å². The zero-order chi connectivity index (χ0) is 10.1. The summed E-state index contributed by atoms with van der Waals surface area (Å²) >= 11 is 0. The van der Waals surface area contributed by atoms with Crippen molar-refractivity contribution in [1.29, 1.82) is 0 Å². The van der Waals surface area contributed by atoms with Crippen molar-refractivity contribution in [3.8, 4) is 0 Å². The summed E-state index contributed by atoms with van der Waals surface area (Å²) in [6.07, 6.45) is 3.59. The third-order valence-electron chi connectivity index (χ3n) is 3.27. The summed E-state index contributed by atoms with van der Waals surface area (Å²) in [6, 6.07) is 5.28. The lowest BCUT2D eigenvalue weighted by Crippen LogP contribution is -2.14. The van der Waals surface area contributed by atoms with Gasteiger partial charge in [-0.3, -0.25) is 0 Å². The molecule has 1 heteroatoms. The van der Waals surface area contributed by atoms with Crippen LogP contribution in [0, 0.1) is 11.7 Å². The SMILES string of the molecule is CC(C)[C@@H]1CCCc2ccc(F)cc21. The maximum atomic E-state index is 13.1. The summed E-state index contributed by atoms with van der Waals surface area (Å²) in [6.45, 7) is 4.45. The smallest absolute Gasteiger partial charge is 0.123 e. The molecule has 0 saturated heterocycles. The van der Waals surface area contributed by atoms with Gasteiger partial charge in [-0.25, -0.2) is 4.39 Å². The van der Waals surface area contributed by atoms with Gasteiger partial charge in [0, 0.05) is 0 Å². The van der Waals surface area contributed by atoms with Gasteiger partial charge in [0.15, 0.2) is 0 Å². The van der Waals surface area contributed by atoms with Crippen LogP contribution in [-0.2, 0) is 6.42 Å². The number of fused-ring (bicyclic) bond motifs is 1. The molecule has 0 aromatic heterocycles. The average molecular weight is 192 g/mol. The molecule has 0 saturated carbocycles. The van der Waals surface area contributed by atoms with Crippen molar-refractivity contribution in [2.75, 3.05) is 0 Å². The normalized spacial score (nSPS) is 21.0. The number of benzene rings is 1. The van der Waals surface area contributed by atoms with E-state index in [4.69, 9.17) is 0 Å². The van der Waals surface area contributed by atoms with Gasteiger partial charge in [-0.15, -0.1) is 0 Å². The zero-order valence-corrected chi connectivity index (χ0v) is 8.89. The Morgan fingerprint density at radius 1 is 1.36 bits per heavy atom. The van der Waals surface area contributed by atoms with Gasteiger partial charge in [0.2, 0.25) is 0 Å². The Balaban J connectivity index is 2.41. The molecule has 0 heterocycles. The van der Waals surface area contributed by atoms with E-state index in [0.717, 1.165) is 6.42 Å². The Morgan fingerprint density at radius 3 is 2.86 bits per heavy atom. The van der Waals surface area contributed by atoms with Crippen LogP contribution < -0.4 is 0 Å². The highest BCUT2D eigenvalue weighted by atomic mass is 19.1. The third-order valence-corrected chi connectivity index (χ3v) is 3.27. The van der Waals surface area contributed by atoms with E-state index in [1.54, 1.807) is 12.1 Å². The quantitative estimate of drug-likeness (QED) is 0.633. The molecular weight excluding hydrogens is 175 g/mol. The summed E-state index contributed by atoms with van der Waals surface area (Å²) in [5.41, 5.74) is 2.61. The molecule has 0 aliphatic heterocycles. The highest BCUT2D eigenvalue weighted by Crippen LogP contribution is 2.36. The predicted molar refractivity (Wildman–Crippen MR) is 56.9 cm³/mol. The molecule has 1 atom stereocenters. The Hall–Kier alpha value is -0.850. The number of hydrogen-bond donors (Lipinski definition) is 0. The number of hydrogen-bond acceptors (Lipinski definition) is 0. The van der Waals surface area contributed by atoms with Crippen LogP contribution in [-0.4, -0.2) is 0 Å². The first-order valence-corrected chi connectivity index (χ1v) is 5.47. The second-order valence-corrected chi connectivity index (χ2v) is 4.59. The first kappa shape index (κ1) is 9.70. The predicted octanol–water partition coefficient (Wildman–Crippen LogP) is 3.90. The van der Waals surface area contributed by atoms with Crippen LogP contribution in [0.3, 0.4) is 0 Å². The fourth-order valence-electron chi connectivity index (χ4n) is 2.50. The van der Waals surface area contributed by atoms with Crippen molar-refractivity contribution in [1.82, 2.24) is 0 Å². The fourth-order valence-corrected chi connectivity index (χ4v) is 2.50. The van der Waals surface area contributed by atoms with E-state index in [1.807, 2.05) is 6.07 Å². The van der Waals surface area contributed by atoms with Gasteiger partial charge in [-0.2, -0.15) is 0 Å². The minimum absolute atomic E-state index is 0.0868. The Bertz CT molecular complexity index is 328. The first-order chi connectivity index (χ1) is 6.68. The van der Waals surface area contributed by atoms with E-state index < -0.39 is 0 Å². The van der Waals surface area contributed by atoms with Crippen molar-refractivity contribution in [3.05, 3.63) is 35.1 Å². The van der Waals surface area contributed by atoms with Gasteiger partial charge in [0.1, 0.15) is 5.82 Å². The lowest BCUT2D eigenvalue weighted by molar-refractivity contribution is 0.431. The van der Waals surface area contributed by atoms with E-state index in [9.17, 15) is 4.39 Å². The van der Waals surface area contributed by atoms with E-state index in [2.05, 4.69) is 13.8 Å². The zero-order valence-electron chi connectivity index (χ0n) is 8.89. The summed E-state index contributed by atoms with van der Waals surface area (Å²) in [5, 5.41) is 0. The van der Waals surface area contributed by atoms with E-state index >= 15 is 0 Å². The maximum absolute atomic E-state index is 13.1. The van der Waals surface area contributed by atoms with Crippen LogP contribution in [0.4, 0.5) is 4.39 Å². The summed E-state index contributed by atoms with van der Waals surface area (Å²) in [4.78, 5) is 0. The monoisotopic (exact) mass is 192 g/mol. The molecule has 0 nitrogen and oxygen atoms in total. The molecule has 0 N–H and O–H groups in total. The minimum atomic E-state index is -0.0868. The summed E-state index contributed by atoms with van der Waals surface area (Å²) in [7, 11) is 0. The number of rotatable bonds is 1. The standard InChI is InChI=1S/C13H17F/c1-9(2)12-5-3-4-10-6-7-11(14)8-13(10)12/h6-9,12H,3-5H2,1-2H3/t12-/m0/s1. The summed E-state index contributed by atoms with van der Waals surface area (Å²) in [5.74, 6) is 1.10. The van der Waals surface area contributed by atoms with E-state index in [-0.39, 0.29) is 5.82 Å². The van der Waals surface area contributed by atoms with Gasteiger partial charge in [0.25, 0.3) is 0 Å². The molecule has 1 aromatic rings.